The van der Waals surface area contributed by atoms with Crippen LogP contribution in [0, 0.1) is 5.82 Å². The summed E-state index contributed by atoms with van der Waals surface area (Å²) in [7, 11) is 0. The lowest BCUT2D eigenvalue weighted by atomic mass is 10.1. The highest BCUT2D eigenvalue weighted by atomic mass is 19.1. The van der Waals surface area contributed by atoms with Crippen molar-refractivity contribution in [3.05, 3.63) is 35.6 Å². The molecule has 6 heteroatoms. The van der Waals surface area contributed by atoms with E-state index in [0.717, 1.165) is 10.5 Å². The second kappa shape index (κ2) is 9.94. The minimum absolute atomic E-state index is 0.0460. The molecule has 0 spiro atoms. The van der Waals surface area contributed by atoms with E-state index in [-0.39, 0.29) is 30.2 Å². The zero-order valence-corrected chi connectivity index (χ0v) is 14.1. The third-order valence-corrected chi connectivity index (χ3v) is 3.85. The van der Waals surface area contributed by atoms with Gasteiger partial charge in [-0.1, -0.05) is 12.1 Å². The van der Waals surface area contributed by atoms with Crippen molar-refractivity contribution in [2.45, 2.75) is 33.2 Å². The molecule has 0 aliphatic rings. The second-order valence-corrected chi connectivity index (χ2v) is 5.53. The standard InChI is InChI=1S/C17H26FN3O2/c1-4-19-16(22)12-21(5-2)13(3)17(23)20-11-10-14-6-8-15(18)9-7-14/h6-9,13H,4-5,10-12H2,1-3H3,(H,19,22)(H,20,23)/p+1/t13-/m0/s1. The summed E-state index contributed by atoms with van der Waals surface area (Å²) < 4.78 is 12.8. The molecule has 0 aliphatic carbocycles. The monoisotopic (exact) mass is 324 g/mol. The maximum atomic E-state index is 12.8. The number of benzene rings is 1. The van der Waals surface area contributed by atoms with Crippen LogP contribution in [0.1, 0.15) is 26.3 Å². The molecule has 0 aliphatic heterocycles. The maximum Gasteiger partial charge on any atom is 0.278 e. The summed E-state index contributed by atoms with van der Waals surface area (Å²) in [4.78, 5) is 24.8. The second-order valence-electron chi connectivity index (χ2n) is 5.53. The Kier molecular flexibility index (Phi) is 8.26. The number of quaternary nitrogens is 1. The van der Waals surface area contributed by atoms with Gasteiger partial charge < -0.3 is 15.5 Å². The number of likely N-dealkylation sites (N-methyl/N-ethyl adjacent to an activating group) is 2. The van der Waals surface area contributed by atoms with Crippen molar-refractivity contribution < 1.29 is 18.9 Å². The Hall–Kier alpha value is -1.95. The number of nitrogens with one attached hydrogen (secondary N) is 3. The van der Waals surface area contributed by atoms with Crippen LogP contribution in [0.5, 0.6) is 0 Å². The minimum Gasteiger partial charge on any atom is -0.351 e. The molecule has 3 N–H and O–H groups in total. The number of rotatable bonds is 9. The number of carbonyl (C=O) groups is 2. The molecule has 128 valence electrons. The Labute approximate surface area is 137 Å². The average molecular weight is 324 g/mol. The molecule has 0 aromatic heterocycles. The molecular formula is C17H27FN3O2+. The lowest BCUT2D eigenvalue weighted by molar-refractivity contribution is -0.904. The van der Waals surface area contributed by atoms with Crippen molar-refractivity contribution in [1.82, 2.24) is 10.6 Å². The zero-order valence-electron chi connectivity index (χ0n) is 14.1. The molecule has 0 heterocycles. The number of hydrogen-bond acceptors (Lipinski definition) is 2. The van der Waals surface area contributed by atoms with Gasteiger partial charge in [-0.3, -0.25) is 9.59 Å². The molecule has 5 nitrogen and oxygen atoms in total. The molecule has 1 rings (SSSR count). The quantitative estimate of drug-likeness (QED) is 0.595. The smallest absolute Gasteiger partial charge is 0.278 e. The number of hydrogen-bond donors (Lipinski definition) is 3. The molecule has 0 saturated carbocycles. The van der Waals surface area contributed by atoms with Crippen LogP contribution in [-0.2, 0) is 16.0 Å². The Morgan fingerprint density at radius 2 is 1.83 bits per heavy atom. The largest absolute Gasteiger partial charge is 0.351 e. The van der Waals surface area contributed by atoms with Crippen LogP contribution < -0.4 is 15.5 Å². The first kappa shape index (κ1) is 19.1. The van der Waals surface area contributed by atoms with E-state index in [1.54, 1.807) is 12.1 Å². The van der Waals surface area contributed by atoms with Gasteiger partial charge in [0.2, 0.25) is 0 Å². The summed E-state index contributed by atoms with van der Waals surface area (Å²) in [6, 6.07) is 5.95. The molecule has 1 unspecified atom stereocenters. The van der Waals surface area contributed by atoms with Crippen LogP contribution in [0.4, 0.5) is 4.39 Å². The van der Waals surface area contributed by atoms with Gasteiger partial charge in [0.1, 0.15) is 5.82 Å². The molecule has 0 radical (unpaired) electrons. The highest BCUT2D eigenvalue weighted by Gasteiger charge is 2.25. The van der Waals surface area contributed by atoms with E-state index in [1.165, 1.54) is 12.1 Å². The predicted octanol–water partition coefficient (Wildman–Crippen LogP) is -0.0862. The van der Waals surface area contributed by atoms with Crippen molar-refractivity contribution in [3.63, 3.8) is 0 Å². The van der Waals surface area contributed by atoms with Crippen molar-refractivity contribution >= 4 is 11.8 Å². The van der Waals surface area contributed by atoms with E-state index in [2.05, 4.69) is 10.6 Å². The van der Waals surface area contributed by atoms with E-state index in [9.17, 15) is 14.0 Å². The van der Waals surface area contributed by atoms with Gasteiger partial charge in [-0.25, -0.2) is 4.39 Å². The fourth-order valence-corrected chi connectivity index (χ4v) is 2.37. The molecule has 23 heavy (non-hydrogen) atoms. The molecule has 0 saturated heterocycles. The van der Waals surface area contributed by atoms with Gasteiger partial charge in [0.25, 0.3) is 11.8 Å². The molecule has 0 bridgehead atoms. The van der Waals surface area contributed by atoms with Gasteiger partial charge in [-0.15, -0.1) is 0 Å². The highest BCUT2D eigenvalue weighted by molar-refractivity contribution is 5.81. The van der Waals surface area contributed by atoms with Crippen molar-refractivity contribution in [2.24, 2.45) is 0 Å². The maximum absolute atomic E-state index is 12.8. The van der Waals surface area contributed by atoms with Crippen molar-refractivity contribution in [3.8, 4) is 0 Å². The first-order valence-electron chi connectivity index (χ1n) is 8.11. The van der Waals surface area contributed by atoms with E-state index in [4.69, 9.17) is 0 Å². The number of carbonyl (C=O) groups excluding carboxylic acids is 2. The zero-order chi connectivity index (χ0) is 17.2. The summed E-state index contributed by atoms with van der Waals surface area (Å²) in [6.45, 7) is 7.72. The molecule has 2 atom stereocenters. The third kappa shape index (κ3) is 6.78. The third-order valence-electron chi connectivity index (χ3n) is 3.85. The SMILES string of the molecule is CCNC(=O)C[NH+](CC)[C@@H](C)C(=O)NCCc1ccc(F)cc1. The van der Waals surface area contributed by atoms with Gasteiger partial charge in [-0.05, 0) is 44.9 Å². The van der Waals surface area contributed by atoms with Crippen LogP contribution in [0.25, 0.3) is 0 Å². The average Bonchev–Trinajstić information content (AvgIpc) is 2.54. The topological polar surface area (TPSA) is 62.6 Å². The first-order chi connectivity index (χ1) is 11.0. The van der Waals surface area contributed by atoms with Crippen LogP contribution in [-0.4, -0.2) is 44.0 Å². The highest BCUT2D eigenvalue weighted by Crippen LogP contribution is 2.02. The Balaban J connectivity index is 2.42. The fraction of sp³-hybridized carbons (Fsp3) is 0.529. The molecule has 0 fully saturated rings. The molecule has 2 amide bonds. The predicted molar refractivity (Wildman–Crippen MR) is 87.6 cm³/mol. The first-order valence-corrected chi connectivity index (χ1v) is 8.11. The van der Waals surface area contributed by atoms with E-state index >= 15 is 0 Å². The van der Waals surface area contributed by atoms with Gasteiger partial charge in [-0.2, -0.15) is 0 Å². The Bertz CT molecular complexity index is 505. The van der Waals surface area contributed by atoms with Crippen LogP contribution in [0.3, 0.4) is 0 Å². The van der Waals surface area contributed by atoms with Crippen molar-refractivity contribution in [1.29, 1.82) is 0 Å². The lowest BCUT2D eigenvalue weighted by Gasteiger charge is -2.23. The van der Waals surface area contributed by atoms with Gasteiger partial charge in [0.15, 0.2) is 12.6 Å². The van der Waals surface area contributed by atoms with E-state index in [0.29, 0.717) is 26.1 Å². The summed E-state index contributed by atoms with van der Waals surface area (Å²) >= 11 is 0. The van der Waals surface area contributed by atoms with Gasteiger partial charge in [0.05, 0.1) is 6.54 Å². The minimum atomic E-state index is -0.296. The molecular weight excluding hydrogens is 297 g/mol. The van der Waals surface area contributed by atoms with Gasteiger partial charge in [0, 0.05) is 13.1 Å². The van der Waals surface area contributed by atoms with E-state index in [1.807, 2.05) is 20.8 Å². The summed E-state index contributed by atoms with van der Waals surface area (Å²) in [5, 5.41) is 5.63. The van der Waals surface area contributed by atoms with Crippen LogP contribution in [0.15, 0.2) is 24.3 Å². The Morgan fingerprint density at radius 1 is 1.17 bits per heavy atom. The van der Waals surface area contributed by atoms with E-state index < -0.39 is 0 Å². The van der Waals surface area contributed by atoms with Crippen LogP contribution >= 0.6 is 0 Å². The van der Waals surface area contributed by atoms with Crippen LogP contribution in [0.2, 0.25) is 0 Å². The summed E-state index contributed by atoms with van der Waals surface area (Å²) in [5.74, 6) is -0.387. The number of amides is 2. The summed E-state index contributed by atoms with van der Waals surface area (Å²) in [6.07, 6.45) is 0.649. The summed E-state index contributed by atoms with van der Waals surface area (Å²) in [5.41, 5.74) is 0.973. The molecule has 1 aromatic carbocycles. The normalized spacial score (nSPS) is 13.2. The Morgan fingerprint density at radius 3 is 2.39 bits per heavy atom. The van der Waals surface area contributed by atoms with Gasteiger partial charge >= 0.3 is 0 Å². The van der Waals surface area contributed by atoms with Crippen molar-refractivity contribution in [2.75, 3.05) is 26.2 Å². The molecule has 1 aromatic rings. The lowest BCUT2D eigenvalue weighted by Crippen LogP contribution is -3.17. The number of halogens is 1. The fourth-order valence-electron chi connectivity index (χ4n) is 2.37.